The Hall–Kier alpha value is -2.64. The number of aryl methyl sites for hydroxylation is 1. The first kappa shape index (κ1) is 34.8. The van der Waals surface area contributed by atoms with Gasteiger partial charge in [0.25, 0.3) is 5.91 Å². The topological polar surface area (TPSA) is 146 Å². The van der Waals surface area contributed by atoms with Crippen LogP contribution in [0.25, 0.3) is 0 Å². The molecule has 5 amide bonds. The van der Waals surface area contributed by atoms with E-state index in [0.717, 1.165) is 30.6 Å². The van der Waals surface area contributed by atoms with E-state index in [0.29, 0.717) is 55.3 Å². The van der Waals surface area contributed by atoms with E-state index >= 15 is 0 Å². The van der Waals surface area contributed by atoms with Gasteiger partial charge in [-0.15, -0.1) is 0 Å². The Labute approximate surface area is 266 Å². The van der Waals surface area contributed by atoms with Crippen molar-refractivity contribution in [3.63, 3.8) is 0 Å². The van der Waals surface area contributed by atoms with Crippen LogP contribution in [0.15, 0.2) is 35.7 Å². The van der Waals surface area contributed by atoms with Crippen LogP contribution in [0, 0.1) is 6.92 Å². The summed E-state index contributed by atoms with van der Waals surface area (Å²) in [6.45, 7) is 4.39. The molecule has 0 aromatic heterocycles. The van der Waals surface area contributed by atoms with Crippen molar-refractivity contribution in [1.29, 1.82) is 0 Å². The largest absolute Gasteiger partial charge is 0.356 e. The van der Waals surface area contributed by atoms with Crippen LogP contribution >= 0.6 is 33.3 Å². The number of allylic oxidation sites excluding steroid dienone is 1. The number of hydrogen-bond donors (Lipinski definition) is 5. The Kier molecular flexibility index (Phi) is 15.3. The lowest BCUT2D eigenvalue weighted by Crippen LogP contribution is -2.47. The van der Waals surface area contributed by atoms with Gasteiger partial charge in [-0.25, -0.2) is 4.79 Å². The highest BCUT2D eigenvalue weighted by molar-refractivity contribution is 8.77. The first-order valence-electron chi connectivity index (χ1n) is 14.8. The molecule has 1 aromatic rings. The van der Waals surface area contributed by atoms with Crippen molar-refractivity contribution in [2.45, 2.75) is 82.2 Å². The highest BCUT2D eigenvalue weighted by Gasteiger charge is 2.42. The summed E-state index contributed by atoms with van der Waals surface area (Å²) in [5.41, 5.74) is 1.54. The first-order valence-corrected chi connectivity index (χ1v) is 18.2. The first-order chi connectivity index (χ1) is 20.7. The summed E-state index contributed by atoms with van der Waals surface area (Å²) < 4.78 is 0. The van der Waals surface area contributed by atoms with Crippen molar-refractivity contribution in [1.82, 2.24) is 26.6 Å². The van der Waals surface area contributed by atoms with E-state index in [4.69, 9.17) is 0 Å². The molecule has 13 heteroatoms. The van der Waals surface area contributed by atoms with Crippen LogP contribution in [0.4, 0.5) is 4.79 Å². The summed E-state index contributed by atoms with van der Waals surface area (Å²) in [5.74, 6) is 1.05. The molecule has 2 aliphatic heterocycles. The molecule has 0 radical (unpaired) electrons. The molecule has 4 unspecified atom stereocenters. The number of ketones is 1. The molecule has 10 nitrogen and oxygen atoms in total. The van der Waals surface area contributed by atoms with E-state index in [1.807, 2.05) is 30.8 Å². The normalized spacial score (nSPS) is 19.8. The lowest BCUT2D eigenvalue weighted by molar-refractivity contribution is -0.123. The van der Waals surface area contributed by atoms with Gasteiger partial charge in [0.05, 0.1) is 12.1 Å². The predicted molar refractivity (Wildman–Crippen MR) is 176 cm³/mol. The summed E-state index contributed by atoms with van der Waals surface area (Å²) in [6, 6.07) is 6.85. The van der Waals surface area contributed by atoms with Crippen molar-refractivity contribution in [3.8, 4) is 0 Å². The molecular formula is C30H43N5O5S3. The smallest absolute Gasteiger partial charge is 0.315 e. The molecule has 0 saturated carbocycles. The average molecular weight is 650 g/mol. The van der Waals surface area contributed by atoms with E-state index in [9.17, 15) is 24.0 Å². The minimum Gasteiger partial charge on any atom is -0.356 e. The van der Waals surface area contributed by atoms with Crippen molar-refractivity contribution in [2.24, 2.45) is 0 Å². The maximum absolute atomic E-state index is 12.9. The highest BCUT2D eigenvalue weighted by Crippen LogP contribution is 2.33. The summed E-state index contributed by atoms with van der Waals surface area (Å²) in [6.07, 6.45) is 6.49. The van der Waals surface area contributed by atoms with Gasteiger partial charge in [-0.1, -0.05) is 45.7 Å². The molecule has 2 saturated heterocycles. The molecule has 0 aliphatic carbocycles. The highest BCUT2D eigenvalue weighted by atomic mass is 33.1. The van der Waals surface area contributed by atoms with Crippen LogP contribution < -0.4 is 26.6 Å². The average Bonchev–Trinajstić information content (AvgIpc) is 3.53. The van der Waals surface area contributed by atoms with Gasteiger partial charge in [0, 0.05) is 41.8 Å². The summed E-state index contributed by atoms with van der Waals surface area (Å²) in [7, 11) is 2.95. The fourth-order valence-electron chi connectivity index (χ4n) is 4.83. The maximum Gasteiger partial charge on any atom is 0.315 e. The Morgan fingerprint density at radius 3 is 2.60 bits per heavy atom. The van der Waals surface area contributed by atoms with Gasteiger partial charge in [0.1, 0.15) is 6.04 Å². The third kappa shape index (κ3) is 12.9. The maximum atomic E-state index is 12.9. The van der Waals surface area contributed by atoms with Gasteiger partial charge in [0.2, 0.25) is 11.8 Å². The number of rotatable bonds is 19. The third-order valence-corrected chi connectivity index (χ3v) is 10.7. The zero-order valence-electron chi connectivity index (χ0n) is 24.8. The number of nitrogens with one attached hydrogen (secondary N) is 5. The lowest BCUT2D eigenvalue weighted by atomic mass is 10.0. The van der Waals surface area contributed by atoms with Crippen molar-refractivity contribution < 1.29 is 24.0 Å². The van der Waals surface area contributed by atoms with Crippen LogP contribution in [0.1, 0.15) is 67.8 Å². The Balaban J connectivity index is 1.33. The van der Waals surface area contributed by atoms with E-state index in [-0.39, 0.29) is 41.6 Å². The molecule has 3 rings (SSSR count). The van der Waals surface area contributed by atoms with Gasteiger partial charge in [-0.3, -0.25) is 19.2 Å². The minimum atomic E-state index is -0.687. The van der Waals surface area contributed by atoms with Crippen LogP contribution in [-0.4, -0.2) is 77.5 Å². The standard InChI is InChI=1S/C30H43N5O5S3/c1-20-10-12-22(13-11-20)28(38)33-23(29(39)32-16-18-43-42-17-14-21(2)36)7-5-6-15-31-26(37)9-4-3-8-25-27-24(19-41-25)34-30(40)35-27/h10-14,17,23-25,27H,3-9,15-16,18-19H2,1-2H3,(H,31,37)(H,32,39)(H,33,38)(H2,34,35,40)/b17-14+. The zero-order valence-corrected chi connectivity index (χ0v) is 27.3. The number of hydrogen-bond acceptors (Lipinski definition) is 8. The summed E-state index contributed by atoms with van der Waals surface area (Å²) in [4.78, 5) is 60.5. The second-order valence-electron chi connectivity index (χ2n) is 10.7. The van der Waals surface area contributed by atoms with Crippen LogP contribution in [0.5, 0.6) is 0 Å². The number of benzene rings is 1. The number of fused-ring (bicyclic) bond motifs is 1. The summed E-state index contributed by atoms with van der Waals surface area (Å²) >= 11 is 1.88. The fraction of sp³-hybridized carbons (Fsp3) is 0.567. The van der Waals surface area contributed by atoms with Gasteiger partial charge in [0.15, 0.2) is 5.78 Å². The number of carbonyl (C=O) groups excluding carboxylic acids is 5. The zero-order chi connectivity index (χ0) is 31.0. The lowest BCUT2D eigenvalue weighted by Gasteiger charge is -2.19. The van der Waals surface area contributed by atoms with E-state index in [2.05, 4.69) is 26.6 Å². The van der Waals surface area contributed by atoms with Crippen LogP contribution in [0.3, 0.4) is 0 Å². The number of thioether (sulfide) groups is 1. The molecule has 1 aromatic carbocycles. The fourth-order valence-corrected chi connectivity index (χ4v) is 7.92. The van der Waals surface area contributed by atoms with Crippen molar-refractivity contribution >= 4 is 62.9 Å². The van der Waals surface area contributed by atoms with Gasteiger partial charge in [-0.05, 0) is 69.6 Å². The molecule has 4 atom stereocenters. The molecule has 0 bridgehead atoms. The molecule has 0 spiro atoms. The second kappa shape index (κ2) is 18.9. The van der Waals surface area contributed by atoms with Crippen LogP contribution in [-0.2, 0) is 14.4 Å². The number of unbranched alkanes of at least 4 members (excludes halogenated alkanes) is 2. The molecule has 2 aliphatic rings. The Morgan fingerprint density at radius 2 is 1.84 bits per heavy atom. The number of urea groups is 1. The van der Waals surface area contributed by atoms with Crippen molar-refractivity contribution in [2.75, 3.05) is 24.6 Å². The molecule has 2 heterocycles. The molecule has 236 valence electrons. The molecule has 5 N–H and O–H groups in total. The van der Waals surface area contributed by atoms with E-state index in [1.165, 1.54) is 34.6 Å². The number of amides is 5. The Morgan fingerprint density at radius 1 is 1.05 bits per heavy atom. The van der Waals surface area contributed by atoms with E-state index in [1.54, 1.807) is 17.5 Å². The second-order valence-corrected chi connectivity index (χ2v) is 14.4. The molecule has 43 heavy (non-hydrogen) atoms. The SMILES string of the molecule is CC(=O)/C=C/SSCCNC(=O)C(CCCCNC(=O)CCCCC1SCC2NC(=O)NC21)NC(=O)c1ccc(C)cc1. The van der Waals surface area contributed by atoms with Gasteiger partial charge >= 0.3 is 6.03 Å². The number of carbonyl (C=O) groups is 5. The van der Waals surface area contributed by atoms with E-state index < -0.39 is 6.04 Å². The predicted octanol–water partition coefficient (Wildman–Crippen LogP) is 3.71. The van der Waals surface area contributed by atoms with Crippen molar-refractivity contribution in [3.05, 3.63) is 46.9 Å². The van der Waals surface area contributed by atoms with Crippen LogP contribution in [0.2, 0.25) is 0 Å². The Bertz CT molecular complexity index is 1130. The quantitative estimate of drug-likeness (QED) is 0.0661. The molecule has 2 fully saturated rings. The summed E-state index contributed by atoms with van der Waals surface area (Å²) in [5, 5.41) is 16.8. The minimum absolute atomic E-state index is 0.0137. The van der Waals surface area contributed by atoms with Gasteiger partial charge < -0.3 is 26.6 Å². The monoisotopic (exact) mass is 649 g/mol. The molecular weight excluding hydrogens is 607 g/mol. The third-order valence-electron chi connectivity index (χ3n) is 7.17. The van der Waals surface area contributed by atoms with Gasteiger partial charge in [-0.2, -0.15) is 11.8 Å².